The molecule has 1 aliphatic heterocycles. The summed E-state index contributed by atoms with van der Waals surface area (Å²) in [6, 6.07) is 7.97. The van der Waals surface area contributed by atoms with Crippen LogP contribution >= 0.6 is 0 Å². The first kappa shape index (κ1) is 12.5. The number of nitrogens with zero attached hydrogens (tertiary/aromatic N) is 1. The molecular weight excluding hydrogens is 196 g/mol. The fourth-order valence-electron chi connectivity index (χ4n) is 1.24. The molecular formula is C14H20N2. The number of hydrogen-bond acceptors (Lipinski definition) is 2. The Hall–Kier alpha value is -1.57. The molecule has 0 unspecified atom stereocenters. The molecule has 2 nitrogen and oxygen atoms in total. The number of nitrogens with two attached hydrogens (primary N) is 1. The summed E-state index contributed by atoms with van der Waals surface area (Å²) >= 11 is 0. The molecule has 2 heteroatoms. The summed E-state index contributed by atoms with van der Waals surface area (Å²) in [6.45, 7) is 6.50. The van der Waals surface area contributed by atoms with Crippen molar-refractivity contribution < 1.29 is 0 Å². The number of fused-ring (bicyclic) bond motifs is 1. The summed E-state index contributed by atoms with van der Waals surface area (Å²) in [7, 11) is 0. The molecule has 2 rings (SSSR count). The summed E-state index contributed by atoms with van der Waals surface area (Å²) in [5, 5.41) is 0. The van der Waals surface area contributed by atoms with E-state index in [1.807, 2.05) is 30.3 Å². The van der Waals surface area contributed by atoms with E-state index in [9.17, 15) is 0 Å². The lowest BCUT2D eigenvalue weighted by Gasteiger charge is -1.97. The van der Waals surface area contributed by atoms with Gasteiger partial charge < -0.3 is 5.73 Å². The maximum absolute atomic E-state index is 5.65. The summed E-state index contributed by atoms with van der Waals surface area (Å²) in [4.78, 5) is 4.27. The first-order chi connectivity index (χ1) is 7.59. The monoisotopic (exact) mass is 216 g/mol. The Morgan fingerprint density at radius 2 is 1.81 bits per heavy atom. The summed E-state index contributed by atoms with van der Waals surface area (Å²) in [5.74, 6) is 1.51. The van der Waals surface area contributed by atoms with E-state index < -0.39 is 0 Å². The Morgan fingerprint density at radius 1 is 1.19 bits per heavy atom. The Labute approximate surface area is 97.9 Å². The minimum Gasteiger partial charge on any atom is -0.387 e. The second kappa shape index (κ2) is 6.11. The topological polar surface area (TPSA) is 38.4 Å². The van der Waals surface area contributed by atoms with Gasteiger partial charge in [0.05, 0.1) is 5.69 Å². The van der Waals surface area contributed by atoms with Gasteiger partial charge >= 0.3 is 0 Å². The van der Waals surface area contributed by atoms with Crippen LogP contribution < -0.4 is 5.73 Å². The minimum atomic E-state index is 0.677. The molecule has 1 heterocycles. The highest BCUT2D eigenvalue weighted by Crippen LogP contribution is 2.22. The van der Waals surface area contributed by atoms with Gasteiger partial charge in [0.1, 0.15) is 5.84 Å². The van der Waals surface area contributed by atoms with E-state index in [0.717, 1.165) is 23.6 Å². The molecule has 16 heavy (non-hydrogen) atoms. The Kier molecular flexibility index (Phi) is 4.77. The maximum atomic E-state index is 5.65. The van der Waals surface area contributed by atoms with E-state index in [1.54, 1.807) is 0 Å². The highest BCUT2D eigenvalue weighted by Gasteiger charge is 2.00. The van der Waals surface area contributed by atoms with Crippen molar-refractivity contribution in [3.8, 4) is 0 Å². The van der Waals surface area contributed by atoms with Crippen LogP contribution in [0.2, 0.25) is 0 Å². The molecule has 0 radical (unpaired) electrons. The molecule has 0 bridgehead atoms. The van der Waals surface area contributed by atoms with Crippen molar-refractivity contribution >= 4 is 17.6 Å². The third-order valence-corrected chi connectivity index (χ3v) is 1.83. The second-order valence-corrected chi connectivity index (χ2v) is 4.50. The number of amidine groups is 1. The van der Waals surface area contributed by atoms with Crippen LogP contribution in [-0.4, -0.2) is 5.84 Å². The van der Waals surface area contributed by atoms with Gasteiger partial charge in [-0.2, -0.15) is 0 Å². The minimum absolute atomic E-state index is 0.677. The van der Waals surface area contributed by atoms with Crippen LogP contribution in [0.5, 0.6) is 0 Å². The highest BCUT2D eigenvalue weighted by molar-refractivity contribution is 5.88. The average molecular weight is 216 g/mol. The molecule has 0 fully saturated rings. The molecule has 0 spiro atoms. The zero-order valence-electron chi connectivity index (χ0n) is 10.3. The van der Waals surface area contributed by atoms with Gasteiger partial charge in [0.25, 0.3) is 0 Å². The molecule has 2 N–H and O–H groups in total. The van der Waals surface area contributed by atoms with Crippen LogP contribution in [0.15, 0.2) is 35.3 Å². The lowest BCUT2D eigenvalue weighted by molar-refractivity contribution is 0.737. The van der Waals surface area contributed by atoms with E-state index in [1.165, 1.54) is 0 Å². The molecule has 0 aliphatic carbocycles. The van der Waals surface area contributed by atoms with Crippen LogP contribution in [0.1, 0.15) is 32.8 Å². The third-order valence-electron chi connectivity index (χ3n) is 1.83. The normalized spacial score (nSPS) is 13.4. The van der Waals surface area contributed by atoms with Gasteiger partial charge in [-0.3, -0.25) is 0 Å². The Morgan fingerprint density at radius 3 is 2.50 bits per heavy atom. The number of aliphatic imine (C=N–C) groups is 1. The fraction of sp³-hybridized carbons (Fsp3) is 0.357. The van der Waals surface area contributed by atoms with Gasteiger partial charge in [-0.25, -0.2) is 4.99 Å². The van der Waals surface area contributed by atoms with Gasteiger partial charge in [0, 0.05) is 6.42 Å². The molecule has 0 saturated carbocycles. The molecule has 0 amide bonds. The van der Waals surface area contributed by atoms with Gasteiger partial charge in [-0.1, -0.05) is 51.1 Å². The molecule has 86 valence electrons. The largest absolute Gasteiger partial charge is 0.387 e. The number of para-hydroxylation sites is 1. The van der Waals surface area contributed by atoms with Crippen molar-refractivity contribution in [1.82, 2.24) is 0 Å². The smallest absolute Gasteiger partial charge is 0.103 e. The molecule has 0 aromatic heterocycles. The lowest BCUT2D eigenvalue weighted by Crippen LogP contribution is -2.08. The van der Waals surface area contributed by atoms with Gasteiger partial charge in [0.2, 0.25) is 0 Å². The Bertz CT molecular complexity index is 387. The SMILES string of the molecule is CC(C)C.NC1=Nc2ccccc2C=CC1. The number of hydrogen-bond donors (Lipinski definition) is 1. The van der Waals surface area contributed by atoms with Gasteiger partial charge in [-0.05, 0) is 17.5 Å². The van der Waals surface area contributed by atoms with E-state index in [-0.39, 0.29) is 0 Å². The van der Waals surface area contributed by atoms with Crippen LogP contribution in [0.4, 0.5) is 5.69 Å². The Balaban J connectivity index is 0.000000280. The van der Waals surface area contributed by atoms with Crippen molar-refractivity contribution in [2.24, 2.45) is 16.6 Å². The zero-order chi connectivity index (χ0) is 12.0. The predicted octanol–water partition coefficient (Wildman–Crippen LogP) is 3.75. The summed E-state index contributed by atoms with van der Waals surface area (Å²) in [6.07, 6.45) is 4.83. The van der Waals surface area contributed by atoms with Crippen molar-refractivity contribution in [3.05, 3.63) is 35.9 Å². The molecule has 1 aromatic carbocycles. The van der Waals surface area contributed by atoms with Crippen molar-refractivity contribution in [1.29, 1.82) is 0 Å². The van der Waals surface area contributed by atoms with E-state index >= 15 is 0 Å². The standard InChI is InChI=1S/C10H10N2.C4H10/c11-10-7-3-5-8-4-1-2-6-9(8)12-10;1-4(2)3/h1-6H,7H2,(H2,11,12);4H,1-3H3. The van der Waals surface area contributed by atoms with Gasteiger partial charge in [-0.15, -0.1) is 0 Å². The maximum Gasteiger partial charge on any atom is 0.103 e. The average Bonchev–Trinajstić information content (AvgIpc) is 2.37. The van der Waals surface area contributed by atoms with Crippen molar-refractivity contribution in [3.63, 3.8) is 0 Å². The first-order valence-electron chi connectivity index (χ1n) is 5.68. The zero-order valence-corrected chi connectivity index (χ0v) is 10.3. The predicted molar refractivity (Wildman–Crippen MR) is 71.9 cm³/mol. The second-order valence-electron chi connectivity index (χ2n) is 4.50. The van der Waals surface area contributed by atoms with Crippen LogP contribution in [0.25, 0.3) is 6.08 Å². The van der Waals surface area contributed by atoms with Gasteiger partial charge in [0.15, 0.2) is 0 Å². The van der Waals surface area contributed by atoms with E-state index in [2.05, 4.69) is 31.8 Å². The molecule has 1 aromatic rings. The quantitative estimate of drug-likeness (QED) is 0.704. The highest BCUT2D eigenvalue weighted by atomic mass is 14.9. The van der Waals surface area contributed by atoms with Crippen molar-refractivity contribution in [2.75, 3.05) is 0 Å². The van der Waals surface area contributed by atoms with E-state index in [4.69, 9.17) is 5.73 Å². The number of rotatable bonds is 0. The molecule has 0 atom stereocenters. The number of benzene rings is 1. The summed E-state index contributed by atoms with van der Waals surface area (Å²) < 4.78 is 0. The third kappa shape index (κ3) is 4.30. The van der Waals surface area contributed by atoms with Crippen LogP contribution in [0, 0.1) is 5.92 Å². The summed E-state index contributed by atoms with van der Waals surface area (Å²) in [5.41, 5.74) is 7.75. The van der Waals surface area contributed by atoms with Crippen LogP contribution in [0.3, 0.4) is 0 Å². The fourth-order valence-corrected chi connectivity index (χ4v) is 1.24. The lowest BCUT2D eigenvalue weighted by atomic mass is 10.2. The molecule has 1 aliphatic rings. The van der Waals surface area contributed by atoms with Crippen molar-refractivity contribution in [2.45, 2.75) is 27.2 Å². The molecule has 0 saturated heterocycles. The van der Waals surface area contributed by atoms with Crippen LogP contribution in [-0.2, 0) is 0 Å². The first-order valence-corrected chi connectivity index (χ1v) is 5.68. The van der Waals surface area contributed by atoms with E-state index in [0.29, 0.717) is 5.84 Å².